The molecule has 3 heteroatoms. The van der Waals surface area contributed by atoms with Crippen molar-refractivity contribution >= 4 is 5.82 Å². The largest absolute Gasteiger partial charge is 0.384 e. The van der Waals surface area contributed by atoms with Crippen LogP contribution in [0.5, 0.6) is 0 Å². The maximum atomic E-state index is 6.03. The molecule has 0 aliphatic carbocycles. The fraction of sp³-hybridized carbons (Fsp3) is 0.500. The molecule has 2 aliphatic rings. The summed E-state index contributed by atoms with van der Waals surface area (Å²) < 4.78 is 6.03. The Morgan fingerprint density at radius 3 is 2.94 bits per heavy atom. The molecule has 0 aromatic carbocycles. The van der Waals surface area contributed by atoms with E-state index in [1.54, 1.807) is 6.20 Å². The third kappa shape index (κ3) is 1.65. The Hall–Kier alpha value is -1.35. The van der Waals surface area contributed by atoms with Crippen molar-refractivity contribution < 1.29 is 4.74 Å². The van der Waals surface area contributed by atoms with Gasteiger partial charge in [-0.1, -0.05) is 12.2 Å². The van der Waals surface area contributed by atoms with Crippen molar-refractivity contribution in [3.05, 3.63) is 36.0 Å². The zero-order valence-corrected chi connectivity index (χ0v) is 10.1. The molecule has 90 valence electrons. The van der Waals surface area contributed by atoms with Gasteiger partial charge in [-0.2, -0.15) is 0 Å². The number of ether oxygens (including phenoxy) is 1. The second kappa shape index (κ2) is 3.84. The molecule has 4 unspecified atom stereocenters. The van der Waals surface area contributed by atoms with Crippen molar-refractivity contribution in [2.45, 2.75) is 37.9 Å². The summed E-state index contributed by atoms with van der Waals surface area (Å²) >= 11 is 0. The highest BCUT2D eigenvalue weighted by atomic mass is 16.5. The van der Waals surface area contributed by atoms with Crippen LogP contribution in [0.4, 0.5) is 5.82 Å². The zero-order valence-electron chi connectivity index (χ0n) is 10.1. The van der Waals surface area contributed by atoms with Crippen LogP contribution in [0, 0.1) is 5.92 Å². The minimum absolute atomic E-state index is 0.337. The van der Waals surface area contributed by atoms with E-state index in [0.29, 0.717) is 29.9 Å². The predicted octanol–water partition coefficient (Wildman–Crippen LogP) is 2.50. The number of aromatic nitrogens is 1. The van der Waals surface area contributed by atoms with Crippen LogP contribution in [0.1, 0.15) is 31.2 Å². The second-order valence-corrected chi connectivity index (χ2v) is 5.20. The van der Waals surface area contributed by atoms with Gasteiger partial charge in [-0.25, -0.2) is 4.98 Å². The molecule has 0 radical (unpaired) electrons. The smallest absolute Gasteiger partial charge is 0.123 e. The number of hydrogen-bond acceptors (Lipinski definition) is 3. The number of nitrogens with zero attached hydrogens (tertiary/aromatic N) is 1. The lowest BCUT2D eigenvalue weighted by Gasteiger charge is -2.28. The fourth-order valence-electron chi connectivity index (χ4n) is 3.40. The quantitative estimate of drug-likeness (QED) is 0.794. The van der Waals surface area contributed by atoms with Gasteiger partial charge in [0.1, 0.15) is 5.82 Å². The minimum Gasteiger partial charge on any atom is -0.384 e. The summed E-state index contributed by atoms with van der Waals surface area (Å²) in [6.07, 6.45) is 4.80. The van der Waals surface area contributed by atoms with Gasteiger partial charge in [-0.05, 0) is 37.5 Å². The van der Waals surface area contributed by atoms with Crippen LogP contribution in [0.3, 0.4) is 0 Å². The molecule has 3 rings (SSSR count). The summed E-state index contributed by atoms with van der Waals surface area (Å²) in [6, 6.07) is 4.03. The van der Waals surface area contributed by atoms with E-state index in [2.05, 4.69) is 24.6 Å². The molecule has 0 spiro atoms. The lowest BCUT2D eigenvalue weighted by Crippen LogP contribution is -2.26. The molecule has 17 heavy (non-hydrogen) atoms. The van der Waals surface area contributed by atoms with E-state index in [-0.39, 0.29) is 0 Å². The Morgan fingerprint density at radius 2 is 2.24 bits per heavy atom. The molecule has 1 aromatic rings. The highest BCUT2D eigenvalue weighted by Gasteiger charge is 2.49. The average molecular weight is 230 g/mol. The summed E-state index contributed by atoms with van der Waals surface area (Å²) in [5.74, 6) is 1.44. The van der Waals surface area contributed by atoms with E-state index < -0.39 is 0 Å². The van der Waals surface area contributed by atoms with Crippen molar-refractivity contribution in [3.63, 3.8) is 0 Å². The van der Waals surface area contributed by atoms with Gasteiger partial charge in [0, 0.05) is 18.0 Å². The maximum absolute atomic E-state index is 6.03. The second-order valence-electron chi connectivity index (χ2n) is 5.20. The van der Waals surface area contributed by atoms with Crippen LogP contribution in [0.2, 0.25) is 0 Å². The number of hydrogen-bond donors (Lipinski definition) is 1. The number of fused-ring (bicyclic) bond motifs is 2. The van der Waals surface area contributed by atoms with E-state index in [4.69, 9.17) is 10.5 Å². The molecular weight excluding hydrogens is 212 g/mol. The van der Waals surface area contributed by atoms with E-state index in [1.807, 2.05) is 6.07 Å². The summed E-state index contributed by atoms with van der Waals surface area (Å²) in [7, 11) is 0. The molecule has 2 N–H and O–H groups in total. The predicted molar refractivity (Wildman–Crippen MR) is 67.6 cm³/mol. The first-order chi connectivity index (χ1) is 8.16. The number of nitrogen functional groups attached to an aromatic ring is 1. The lowest BCUT2D eigenvalue weighted by molar-refractivity contribution is 0.0943. The highest BCUT2D eigenvalue weighted by molar-refractivity contribution is 5.37. The average Bonchev–Trinajstić information content (AvgIpc) is 2.88. The fourth-order valence-corrected chi connectivity index (χ4v) is 3.40. The zero-order chi connectivity index (χ0) is 12.0. The maximum Gasteiger partial charge on any atom is 0.123 e. The summed E-state index contributed by atoms with van der Waals surface area (Å²) in [5.41, 5.74) is 8.24. The van der Waals surface area contributed by atoms with E-state index in [1.165, 1.54) is 17.6 Å². The van der Waals surface area contributed by atoms with Crippen molar-refractivity contribution in [2.24, 2.45) is 5.92 Å². The molecule has 3 nitrogen and oxygen atoms in total. The first-order valence-corrected chi connectivity index (χ1v) is 6.19. The molecular formula is C14H18N2O. The molecule has 4 atom stereocenters. The molecule has 2 bridgehead atoms. The molecule has 0 saturated carbocycles. The minimum atomic E-state index is 0.337. The monoisotopic (exact) mass is 230 g/mol. The third-order valence-corrected chi connectivity index (χ3v) is 4.03. The number of rotatable bonds is 2. The first kappa shape index (κ1) is 10.8. The van der Waals surface area contributed by atoms with E-state index in [0.717, 1.165) is 6.42 Å². The van der Waals surface area contributed by atoms with Crippen LogP contribution in [0.15, 0.2) is 30.5 Å². The normalized spacial score (nSPS) is 35.1. The van der Waals surface area contributed by atoms with E-state index in [9.17, 15) is 0 Å². The third-order valence-electron chi connectivity index (χ3n) is 4.03. The van der Waals surface area contributed by atoms with Crippen molar-refractivity contribution in [3.8, 4) is 0 Å². The van der Waals surface area contributed by atoms with Gasteiger partial charge in [-0.3, -0.25) is 0 Å². The SMILES string of the molecule is C=C(C)C1C2CCC(O2)C1c1ccnc(N)c1. The Kier molecular flexibility index (Phi) is 2.44. The van der Waals surface area contributed by atoms with Gasteiger partial charge in [0.15, 0.2) is 0 Å². The molecule has 2 fully saturated rings. The summed E-state index contributed by atoms with van der Waals surface area (Å²) in [4.78, 5) is 4.06. The number of nitrogens with two attached hydrogens (primary N) is 1. The molecule has 0 amide bonds. The Balaban J connectivity index is 1.98. The van der Waals surface area contributed by atoms with Crippen LogP contribution >= 0.6 is 0 Å². The van der Waals surface area contributed by atoms with Crippen LogP contribution in [-0.4, -0.2) is 17.2 Å². The molecule has 3 heterocycles. The molecule has 2 aliphatic heterocycles. The Bertz CT molecular complexity index is 457. The van der Waals surface area contributed by atoms with E-state index >= 15 is 0 Å². The van der Waals surface area contributed by atoms with Gasteiger partial charge < -0.3 is 10.5 Å². The van der Waals surface area contributed by atoms with Gasteiger partial charge in [-0.15, -0.1) is 0 Å². The van der Waals surface area contributed by atoms with Crippen molar-refractivity contribution in [1.82, 2.24) is 4.98 Å². The summed E-state index contributed by atoms with van der Waals surface area (Å²) in [5, 5.41) is 0. The first-order valence-electron chi connectivity index (χ1n) is 6.19. The Labute approximate surface area is 102 Å². The van der Waals surface area contributed by atoms with Crippen LogP contribution in [-0.2, 0) is 4.74 Å². The lowest BCUT2D eigenvalue weighted by atomic mass is 9.73. The van der Waals surface area contributed by atoms with Gasteiger partial charge in [0.05, 0.1) is 12.2 Å². The van der Waals surface area contributed by atoms with Gasteiger partial charge in [0.25, 0.3) is 0 Å². The topological polar surface area (TPSA) is 48.1 Å². The standard InChI is InChI=1S/C14H18N2O/c1-8(2)13-10-3-4-11(17-10)14(13)9-5-6-16-12(15)7-9/h5-7,10-11,13-14H,1,3-4H2,2H3,(H2,15,16). The number of anilines is 1. The summed E-state index contributed by atoms with van der Waals surface area (Å²) in [6.45, 7) is 6.23. The molecule has 1 aromatic heterocycles. The highest BCUT2D eigenvalue weighted by Crippen LogP contribution is 2.51. The van der Waals surface area contributed by atoms with Gasteiger partial charge >= 0.3 is 0 Å². The van der Waals surface area contributed by atoms with Crippen molar-refractivity contribution in [1.29, 1.82) is 0 Å². The Morgan fingerprint density at radius 1 is 1.47 bits per heavy atom. The van der Waals surface area contributed by atoms with Crippen LogP contribution < -0.4 is 5.73 Å². The van der Waals surface area contributed by atoms with Crippen LogP contribution in [0.25, 0.3) is 0 Å². The van der Waals surface area contributed by atoms with Gasteiger partial charge in [0.2, 0.25) is 0 Å². The molecule has 2 saturated heterocycles. The number of pyridine rings is 1. The van der Waals surface area contributed by atoms with Crippen molar-refractivity contribution in [2.75, 3.05) is 5.73 Å².